The number of aromatic nitrogens is 1. The van der Waals surface area contributed by atoms with Crippen molar-refractivity contribution < 1.29 is 4.74 Å². The maximum absolute atomic E-state index is 5.96. The molecule has 2 aromatic rings. The number of nitrogens with two attached hydrogens (primary N) is 1. The van der Waals surface area contributed by atoms with E-state index in [9.17, 15) is 0 Å². The molecule has 0 unspecified atom stereocenters. The van der Waals surface area contributed by atoms with Crippen molar-refractivity contribution >= 4 is 40.3 Å². The van der Waals surface area contributed by atoms with Crippen molar-refractivity contribution in [3.63, 3.8) is 0 Å². The SMILES string of the molecule is COc1cc(Nc2cccc(C(N)=S)n2)ccc1Cl. The number of nitrogens with zero attached hydrogens (tertiary/aromatic N) is 1. The smallest absolute Gasteiger partial charge is 0.139 e. The van der Waals surface area contributed by atoms with Crippen LogP contribution in [0.1, 0.15) is 5.69 Å². The Morgan fingerprint density at radius 1 is 1.37 bits per heavy atom. The number of rotatable bonds is 4. The molecule has 0 bridgehead atoms. The maximum atomic E-state index is 5.96. The Morgan fingerprint density at radius 3 is 2.84 bits per heavy atom. The highest BCUT2D eigenvalue weighted by Gasteiger charge is 2.04. The number of hydrogen-bond donors (Lipinski definition) is 2. The van der Waals surface area contributed by atoms with Crippen LogP contribution in [-0.2, 0) is 0 Å². The standard InChI is InChI=1S/C13H12ClN3OS/c1-18-11-7-8(5-6-9(11)14)16-12-4-2-3-10(17-12)13(15)19/h2-7H,1H3,(H2,15,19)(H,16,17). The van der Waals surface area contributed by atoms with E-state index in [1.54, 1.807) is 25.3 Å². The van der Waals surface area contributed by atoms with Gasteiger partial charge in [0.15, 0.2) is 0 Å². The number of anilines is 2. The average molecular weight is 294 g/mol. The zero-order chi connectivity index (χ0) is 13.8. The molecule has 0 aliphatic rings. The summed E-state index contributed by atoms with van der Waals surface area (Å²) in [5.74, 6) is 1.24. The Kier molecular flexibility index (Phi) is 4.19. The second-order valence-electron chi connectivity index (χ2n) is 3.75. The molecular weight excluding hydrogens is 282 g/mol. The topological polar surface area (TPSA) is 60.2 Å². The predicted octanol–water partition coefficient (Wildman–Crippen LogP) is 3.12. The normalized spacial score (nSPS) is 10.0. The van der Waals surface area contributed by atoms with Gasteiger partial charge in [-0.05, 0) is 24.3 Å². The summed E-state index contributed by atoms with van der Waals surface area (Å²) in [6.07, 6.45) is 0. The molecule has 0 atom stereocenters. The van der Waals surface area contributed by atoms with E-state index in [2.05, 4.69) is 10.3 Å². The quantitative estimate of drug-likeness (QED) is 0.848. The first-order valence-corrected chi connectivity index (χ1v) is 6.26. The minimum atomic E-state index is 0.261. The first-order chi connectivity index (χ1) is 9.10. The van der Waals surface area contributed by atoms with E-state index >= 15 is 0 Å². The first kappa shape index (κ1) is 13.6. The molecule has 0 amide bonds. The van der Waals surface area contributed by atoms with Gasteiger partial charge < -0.3 is 15.8 Å². The fourth-order valence-electron chi connectivity index (χ4n) is 1.53. The third kappa shape index (κ3) is 3.33. The van der Waals surface area contributed by atoms with Crippen LogP contribution in [0.25, 0.3) is 0 Å². The zero-order valence-electron chi connectivity index (χ0n) is 10.2. The van der Waals surface area contributed by atoms with E-state index in [0.29, 0.717) is 22.3 Å². The van der Waals surface area contributed by atoms with Crippen LogP contribution in [0, 0.1) is 0 Å². The summed E-state index contributed by atoms with van der Waals surface area (Å²) in [6, 6.07) is 10.8. The largest absolute Gasteiger partial charge is 0.495 e. The Labute approximate surface area is 121 Å². The zero-order valence-corrected chi connectivity index (χ0v) is 11.8. The van der Waals surface area contributed by atoms with Crippen molar-refractivity contribution in [1.29, 1.82) is 0 Å². The van der Waals surface area contributed by atoms with Crippen LogP contribution in [0.3, 0.4) is 0 Å². The molecule has 6 heteroatoms. The van der Waals surface area contributed by atoms with Crippen molar-refractivity contribution in [2.24, 2.45) is 5.73 Å². The van der Waals surface area contributed by atoms with E-state index in [0.717, 1.165) is 5.69 Å². The van der Waals surface area contributed by atoms with Crippen LogP contribution in [0.15, 0.2) is 36.4 Å². The second kappa shape index (κ2) is 5.86. The highest BCUT2D eigenvalue weighted by Crippen LogP contribution is 2.28. The Bertz CT molecular complexity index is 619. The number of nitrogens with one attached hydrogen (secondary N) is 1. The van der Waals surface area contributed by atoms with Crippen LogP contribution in [0.2, 0.25) is 5.02 Å². The molecule has 98 valence electrons. The summed E-state index contributed by atoms with van der Waals surface area (Å²) < 4.78 is 5.15. The minimum absolute atomic E-state index is 0.261. The van der Waals surface area contributed by atoms with E-state index in [1.807, 2.05) is 18.2 Å². The van der Waals surface area contributed by atoms with Crippen molar-refractivity contribution in [3.8, 4) is 5.75 Å². The molecule has 2 rings (SSSR count). The van der Waals surface area contributed by atoms with Gasteiger partial charge in [-0.15, -0.1) is 0 Å². The summed E-state index contributed by atoms with van der Waals surface area (Å²) in [6.45, 7) is 0. The Balaban J connectivity index is 2.26. The van der Waals surface area contributed by atoms with E-state index in [-0.39, 0.29) is 4.99 Å². The van der Waals surface area contributed by atoms with Gasteiger partial charge >= 0.3 is 0 Å². The van der Waals surface area contributed by atoms with Crippen LogP contribution in [-0.4, -0.2) is 17.1 Å². The number of methoxy groups -OCH3 is 1. The maximum Gasteiger partial charge on any atom is 0.139 e. The van der Waals surface area contributed by atoms with Crippen LogP contribution in [0.5, 0.6) is 5.75 Å². The van der Waals surface area contributed by atoms with Gasteiger partial charge in [0.05, 0.1) is 17.8 Å². The molecule has 0 spiro atoms. The fourth-order valence-corrected chi connectivity index (χ4v) is 1.84. The van der Waals surface area contributed by atoms with Gasteiger partial charge in [0, 0.05) is 11.8 Å². The fraction of sp³-hybridized carbons (Fsp3) is 0.0769. The highest BCUT2D eigenvalue weighted by molar-refractivity contribution is 7.80. The lowest BCUT2D eigenvalue weighted by atomic mass is 10.3. The number of halogens is 1. The molecule has 1 aromatic heterocycles. The van der Waals surface area contributed by atoms with Crippen LogP contribution < -0.4 is 15.8 Å². The van der Waals surface area contributed by atoms with Gasteiger partial charge in [-0.25, -0.2) is 4.98 Å². The lowest BCUT2D eigenvalue weighted by Gasteiger charge is -2.09. The molecule has 0 aliphatic heterocycles. The van der Waals surface area contributed by atoms with Crippen LogP contribution >= 0.6 is 23.8 Å². The van der Waals surface area contributed by atoms with Crippen molar-refractivity contribution in [3.05, 3.63) is 47.1 Å². The monoisotopic (exact) mass is 293 g/mol. The number of pyridine rings is 1. The highest BCUT2D eigenvalue weighted by atomic mass is 35.5. The van der Waals surface area contributed by atoms with E-state index < -0.39 is 0 Å². The number of hydrogen-bond acceptors (Lipinski definition) is 4. The molecule has 19 heavy (non-hydrogen) atoms. The molecule has 0 aliphatic carbocycles. The Hall–Kier alpha value is -1.85. The third-order valence-electron chi connectivity index (χ3n) is 2.43. The molecule has 3 N–H and O–H groups in total. The minimum Gasteiger partial charge on any atom is -0.495 e. The first-order valence-electron chi connectivity index (χ1n) is 5.47. The number of ether oxygens (including phenoxy) is 1. The van der Waals surface area contributed by atoms with Crippen molar-refractivity contribution in [2.45, 2.75) is 0 Å². The molecule has 0 radical (unpaired) electrons. The molecule has 1 heterocycles. The molecule has 4 nitrogen and oxygen atoms in total. The lowest BCUT2D eigenvalue weighted by molar-refractivity contribution is 0.415. The van der Waals surface area contributed by atoms with E-state index in [1.165, 1.54) is 0 Å². The van der Waals surface area contributed by atoms with Crippen molar-refractivity contribution in [2.75, 3.05) is 12.4 Å². The van der Waals surface area contributed by atoms with Gasteiger partial charge in [-0.3, -0.25) is 0 Å². The molecule has 0 saturated carbocycles. The lowest BCUT2D eigenvalue weighted by Crippen LogP contribution is -2.12. The van der Waals surface area contributed by atoms with Gasteiger partial charge in [0.25, 0.3) is 0 Å². The molecule has 0 fully saturated rings. The summed E-state index contributed by atoms with van der Waals surface area (Å²) >= 11 is 10.9. The van der Waals surface area contributed by atoms with Crippen LogP contribution in [0.4, 0.5) is 11.5 Å². The summed E-state index contributed by atoms with van der Waals surface area (Å²) in [7, 11) is 1.57. The van der Waals surface area contributed by atoms with Gasteiger partial charge in [0.2, 0.25) is 0 Å². The summed E-state index contributed by atoms with van der Waals surface area (Å²) in [5, 5.41) is 3.69. The van der Waals surface area contributed by atoms with Crippen molar-refractivity contribution in [1.82, 2.24) is 4.98 Å². The van der Waals surface area contributed by atoms with Gasteiger partial charge in [0.1, 0.15) is 16.6 Å². The summed E-state index contributed by atoms with van der Waals surface area (Å²) in [4.78, 5) is 4.56. The molecule has 1 aromatic carbocycles. The number of thiocarbonyl (C=S) groups is 1. The summed E-state index contributed by atoms with van der Waals surface area (Å²) in [5.41, 5.74) is 6.93. The predicted molar refractivity (Wildman–Crippen MR) is 81.4 cm³/mol. The molecule has 0 saturated heterocycles. The third-order valence-corrected chi connectivity index (χ3v) is 2.95. The van der Waals surface area contributed by atoms with Gasteiger partial charge in [-0.1, -0.05) is 29.9 Å². The Morgan fingerprint density at radius 2 is 2.16 bits per heavy atom. The second-order valence-corrected chi connectivity index (χ2v) is 4.59. The average Bonchev–Trinajstić information content (AvgIpc) is 2.41. The van der Waals surface area contributed by atoms with E-state index in [4.69, 9.17) is 34.3 Å². The number of benzene rings is 1. The molecular formula is C13H12ClN3OS. The van der Waals surface area contributed by atoms with Gasteiger partial charge in [-0.2, -0.15) is 0 Å².